The van der Waals surface area contributed by atoms with E-state index in [0.717, 1.165) is 10.9 Å². The van der Waals surface area contributed by atoms with Crippen LogP contribution in [0.1, 0.15) is 12.5 Å². The molecule has 0 radical (unpaired) electrons. The van der Waals surface area contributed by atoms with E-state index < -0.39 is 0 Å². The molecule has 17 heavy (non-hydrogen) atoms. The lowest BCUT2D eigenvalue weighted by atomic mass is 10.1. The van der Waals surface area contributed by atoms with Gasteiger partial charge in [0, 0.05) is 12.7 Å². The van der Waals surface area contributed by atoms with Crippen LogP contribution in [-0.4, -0.2) is 16.0 Å². The summed E-state index contributed by atoms with van der Waals surface area (Å²) in [5.74, 6) is 1.07. The van der Waals surface area contributed by atoms with Gasteiger partial charge in [-0.25, -0.2) is 0 Å². The number of thioether (sulfide) groups is 1. The van der Waals surface area contributed by atoms with Gasteiger partial charge in [0.1, 0.15) is 0 Å². The molecule has 1 heterocycles. The van der Waals surface area contributed by atoms with Crippen LogP contribution in [0, 0.1) is 0 Å². The van der Waals surface area contributed by atoms with Crippen LogP contribution in [0.15, 0.2) is 28.8 Å². The molecule has 2 rings (SSSR count). The Morgan fingerprint density at radius 2 is 2.41 bits per heavy atom. The summed E-state index contributed by atoms with van der Waals surface area (Å²) in [6.45, 7) is 1.56. The first-order chi connectivity index (χ1) is 8.16. The third-order valence-electron chi connectivity index (χ3n) is 2.22. The van der Waals surface area contributed by atoms with Gasteiger partial charge in [-0.05, 0) is 17.7 Å². The number of carbonyl (C=O) groups is 1. The third kappa shape index (κ3) is 2.88. The molecule has 2 N–H and O–H groups in total. The van der Waals surface area contributed by atoms with Gasteiger partial charge in [0.2, 0.25) is 0 Å². The van der Waals surface area contributed by atoms with E-state index in [1.54, 1.807) is 6.92 Å². The topological polar surface area (TPSA) is 69.1 Å². The van der Waals surface area contributed by atoms with Crippen molar-refractivity contribution in [2.24, 2.45) is 0 Å². The molecule has 0 unspecified atom stereocenters. The summed E-state index contributed by atoms with van der Waals surface area (Å²) < 4.78 is 5.01. The second kappa shape index (κ2) is 5.05. The van der Waals surface area contributed by atoms with E-state index in [9.17, 15) is 4.79 Å². The Morgan fingerprint density at radius 3 is 3.18 bits per heavy atom. The molecule has 0 aliphatic heterocycles. The van der Waals surface area contributed by atoms with Crippen LogP contribution in [-0.2, 0) is 4.79 Å². The fraction of sp³-hybridized carbons (Fsp3) is 0.167. The summed E-state index contributed by atoms with van der Waals surface area (Å²) in [4.78, 5) is 10.7. The molecule has 1 aromatic heterocycles. The van der Waals surface area contributed by atoms with Gasteiger partial charge in [0.15, 0.2) is 16.5 Å². The van der Waals surface area contributed by atoms with Crippen LogP contribution in [0.3, 0.4) is 0 Å². The fourth-order valence-corrected chi connectivity index (χ4v) is 1.86. The van der Waals surface area contributed by atoms with Crippen molar-refractivity contribution in [2.75, 3.05) is 11.5 Å². The second-order valence-electron chi connectivity index (χ2n) is 3.53. The van der Waals surface area contributed by atoms with E-state index in [2.05, 4.69) is 5.16 Å². The predicted molar refractivity (Wildman–Crippen MR) is 70.6 cm³/mol. The average Bonchev–Trinajstić information content (AvgIpc) is 2.66. The van der Waals surface area contributed by atoms with Crippen molar-refractivity contribution in [1.29, 1.82) is 0 Å². The van der Waals surface area contributed by atoms with Gasteiger partial charge in [-0.1, -0.05) is 35.1 Å². The zero-order chi connectivity index (χ0) is 12.3. The molecule has 5 heteroatoms. The maximum Gasteiger partial charge on any atom is 0.186 e. The standard InChI is InChI=1S/C12H12N2O2S/c1-8(15)17-6-2-3-9-4-5-11-10(7-9)12(13)14-16-11/h2-5,7H,6H2,1H3,(H2,13,14). The van der Waals surface area contributed by atoms with E-state index in [-0.39, 0.29) is 5.12 Å². The second-order valence-corrected chi connectivity index (χ2v) is 4.73. The molecule has 0 aliphatic rings. The Balaban J connectivity index is 2.13. The lowest BCUT2D eigenvalue weighted by Gasteiger charge is -1.93. The van der Waals surface area contributed by atoms with Crippen LogP contribution >= 0.6 is 11.8 Å². The Morgan fingerprint density at radius 1 is 1.59 bits per heavy atom. The van der Waals surface area contributed by atoms with Crippen molar-refractivity contribution >= 4 is 39.7 Å². The summed E-state index contributed by atoms with van der Waals surface area (Å²) in [6, 6.07) is 5.66. The Labute approximate surface area is 103 Å². The van der Waals surface area contributed by atoms with Crippen molar-refractivity contribution in [3.63, 3.8) is 0 Å². The summed E-state index contributed by atoms with van der Waals surface area (Å²) in [5, 5.41) is 4.62. The molecular weight excluding hydrogens is 236 g/mol. The molecule has 0 fully saturated rings. The quantitative estimate of drug-likeness (QED) is 0.904. The number of nitrogens with two attached hydrogens (primary N) is 1. The minimum atomic E-state index is 0.119. The highest BCUT2D eigenvalue weighted by Crippen LogP contribution is 2.22. The molecule has 0 atom stereocenters. The summed E-state index contributed by atoms with van der Waals surface area (Å²) in [7, 11) is 0. The smallest absolute Gasteiger partial charge is 0.186 e. The highest BCUT2D eigenvalue weighted by Gasteiger charge is 2.03. The Bertz CT molecular complexity index is 575. The number of aromatic nitrogens is 1. The van der Waals surface area contributed by atoms with Crippen LogP contribution < -0.4 is 5.73 Å². The van der Waals surface area contributed by atoms with Gasteiger partial charge in [-0.3, -0.25) is 4.79 Å². The molecule has 1 aromatic carbocycles. The Kier molecular flexibility index (Phi) is 3.49. The zero-order valence-corrected chi connectivity index (χ0v) is 10.2. The normalized spacial score (nSPS) is 11.4. The largest absolute Gasteiger partial charge is 0.380 e. The van der Waals surface area contributed by atoms with Gasteiger partial charge in [-0.15, -0.1) is 0 Å². The predicted octanol–water partition coefficient (Wildman–Crippen LogP) is 2.70. The molecule has 88 valence electrons. The third-order valence-corrected chi connectivity index (χ3v) is 2.98. The first kappa shape index (κ1) is 11.7. The highest BCUT2D eigenvalue weighted by atomic mass is 32.2. The molecule has 2 aromatic rings. The average molecular weight is 248 g/mol. The lowest BCUT2D eigenvalue weighted by molar-refractivity contribution is -0.109. The number of anilines is 1. The number of nitrogens with zero attached hydrogens (tertiary/aromatic N) is 1. The molecule has 4 nitrogen and oxygen atoms in total. The SMILES string of the molecule is CC(=O)SCC=Cc1ccc2onc(N)c2c1. The molecule has 0 aliphatic carbocycles. The van der Waals surface area contributed by atoms with Crippen LogP contribution in [0.2, 0.25) is 0 Å². The maximum absolute atomic E-state index is 10.7. The number of benzene rings is 1. The van der Waals surface area contributed by atoms with Gasteiger partial charge in [-0.2, -0.15) is 0 Å². The van der Waals surface area contributed by atoms with Crippen molar-refractivity contribution in [3.05, 3.63) is 29.8 Å². The number of rotatable bonds is 3. The van der Waals surface area contributed by atoms with Crippen molar-refractivity contribution in [1.82, 2.24) is 5.16 Å². The molecule has 0 saturated carbocycles. The van der Waals surface area contributed by atoms with Gasteiger partial charge in [0.05, 0.1) is 5.39 Å². The number of nitrogen functional groups attached to an aromatic ring is 1. The summed E-state index contributed by atoms with van der Waals surface area (Å²) in [5.41, 5.74) is 7.35. The van der Waals surface area contributed by atoms with Gasteiger partial charge < -0.3 is 10.3 Å². The van der Waals surface area contributed by atoms with Crippen molar-refractivity contribution in [3.8, 4) is 0 Å². The zero-order valence-electron chi connectivity index (χ0n) is 9.34. The fourth-order valence-electron chi connectivity index (χ4n) is 1.43. The van der Waals surface area contributed by atoms with Crippen molar-refractivity contribution in [2.45, 2.75) is 6.92 Å². The number of hydrogen-bond donors (Lipinski definition) is 1. The molecular formula is C12H12N2O2S. The van der Waals surface area contributed by atoms with E-state index in [1.165, 1.54) is 11.8 Å². The van der Waals surface area contributed by atoms with E-state index in [1.807, 2.05) is 30.4 Å². The van der Waals surface area contributed by atoms with E-state index >= 15 is 0 Å². The van der Waals surface area contributed by atoms with E-state index in [0.29, 0.717) is 17.2 Å². The number of hydrogen-bond acceptors (Lipinski definition) is 5. The first-order valence-electron chi connectivity index (χ1n) is 5.11. The first-order valence-corrected chi connectivity index (χ1v) is 6.10. The monoisotopic (exact) mass is 248 g/mol. The molecule has 0 amide bonds. The Hall–Kier alpha value is -1.75. The van der Waals surface area contributed by atoms with Crippen molar-refractivity contribution < 1.29 is 9.32 Å². The van der Waals surface area contributed by atoms with Gasteiger partial charge >= 0.3 is 0 Å². The lowest BCUT2D eigenvalue weighted by Crippen LogP contribution is -1.84. The minimum Gasteiger partial charge on any atom is -0.380 e. The number of carbonyl (C=O) groups excluding carboxylic acids is 1. The highest BCUT2D eigenvalue weighted by molar-refractivity contribution is 8.13. The molecule has 0 spiro atoms. The summed E-state index contributed by atoms with van der Waals surface area (Å²) in [6.07, 6.45) is 3.89. The van der Waals surface area contributed by atoms with Crippen LogP contribution in [0.25, 0.3) is 17.0 Å². The van der Waals surface area contributed by atoms with E-state index in [4.69, 9.17) is 10.3 Å². The maximum atomic E-state index is 10.7. The van der Waals surface area contributed by atoms with Gasteiger partial charge in [0.25, 0.3) is 0 Å². The number of fused-ring (bicyclic) bond motifs is 1. The van der Waals surface area contributed by atoms with Crippen LogP contribution in [0.5, 0.6) is 0 Å². The molecule has 0 saturated heterocycles. The minimum absolute atomic E-state index is 0.119. The van der Waals surface area contributed by atoms with Crippen LogP contribution in [0.4, 0.5) is 5.82 Å². The summed E-state index contributed by atoms with van der Waals surface area (Å²) >= 11 is 1.28. The molecule has 0 bridgehead atoms.